The van der Waals surface area contributed by atoms with Gasteiger partial charge in [-0.1, -0.05) is 0 Å². The highest BCUT2D eigenvalue weighted by Crippen LogP contribution is 2.15. The van der Waals surface area contributed by atoms with Crippen LogP contribution >= 0.6 is 11.5 Å². The largest absolute Gasteiger partial charge is 0.475 e. The van der Waals surface area contributed by atoms with E-state index in [9.17, 15) is 4.79 Å². The van der Waals surface area contributed by atoms with Crippen molar-refractivity contribution in [3.63, 3.8) is 0 Å². The number of aromatic nitrogens is 2. The molecule has 1 N–H and O–H groups in total. The normalized spacial score (nSPS) is 10.3. The van der Waals surface area contributed by atoms with Crippen molar-refractivity contribution in [2.24, 2.45) is 0 Å². The quantitative estimate of drug-likeness (QED) is 0.791. The molecule has 0 atom stereocenters. The number of rotatable bonds is 7. The van der Waals surface area contributed by atoms with Crippen LogP contribution in [-0.2, 0) is 11.3 Å². The molecule has 8 heteroatoms. The summed E-state index contributed by atoms with van der Waals surface area (Å²) in [5.74, 6) is 0.444. The van der Waals surface area contributed by atoms with E-state index >= 15 is 0 Å². The van der Waals surface area contributed by atoms with Crippen molar-refractivity contribution in [2.75, 3.05) is 32.7 Å². The van der Waals surface area contributed by atoms with Crippen molar-refractivity contribution in [1.29, 1.82) is 0 Å². The lowest BCUT2D eigenvalue weighted by molar-refractivity contribution is 0.144. The maximum atomic E-state index is 12.1. The average molecular weight is 322 g/mol. The summed E-state index contributed by atoms with van der Waals surface area (Å²) in [6.07, 6.45) is 3.30. The second kappa shape index (κ2) is 8.30. The highest BCUT2D eigenvalue weighted by molar-refractivity contribution is 7.05. The number of hydrogen-bond acceptors (Lipinski definition) is 6. The average Bonchev–Trinajstić information content (AvgIpc) is 3.01. The van der Waals surface area contributed by atoms with Gasteiger partial charge in [0.15, 0.2) is 0 Å². The van der Waals surface area contributed by atoms with E-state index in [0.717, 1.165) is 4.88 Å². The van der Waals surface area contributed by atoms with Gasteiger partial charge in [-0.2, -0.15) is 0 Å². The molecular formula is C14H18N4O3S. The van der Waals surface area contributed by atoms with Crippen molar-refractivity contribution in [1.82, 2.24) is 14.3 Å². The van der Waals surface area contributed by atoms with Gasteiger partial charge in [0.2, 0.25) is 5.88 Å². The Morgan fingerprint density at radius 1 is 1.36 bits per heavy atom. The summed E-state index contributed by atoms with van der Waals surface area (Å²) in [5, 5.41) is 2.80. The highest BCUT2D eigenvalue weighted by Gasteiger charge is 2.11. The summed E-state index contributed by atoms with van der Waals surface area (Å²) in [6.45, 7) is 1.40. The monoisotopic (exact) mass is 322 g/mol. The van der Waals surface area contributed by atoms with Crippen LogP contribution in [0.5, 0.6) is 5.88 Å². The zero-order chi connectivity index (χ0) is 15.8. The predicted molar refractivity (Wildman–Crippen MR) is 84.2 cm³/mol. The minimum atomic E-state index is -0.206. The molecule has 0 aliphatic heterocycles. The fourth-order valence-electron chi connectivity index (χ4n) is 1.64. The number of pyridine rings is 1. The summed E-state index contributed by atoms with van der Waals surface area (Å²) >= 11 is 1.38. The Balaban J connectivity index is 1.89. The van der Waals surface area contributed by atoms with Crippen LogP contribution in [0.4, 0.5) is 10.5 Å². The zero-order valence-corrected chi connectivity index (χ0v) is 13.3. The molecule has 2 aromatic heterocycles. The van der Waals surface area contributed by atoms with Gasteiger partial charge in [0.05, 0.1) is 13.2 Å². The molecule has 0 bridgehead atoms. The first-order valence-corrected chi connectivity index (χ1v) is 7.46. The first-order valence-electron chi connectivity index (χ1n) is 6.68. The second-order valence-electron chi connectivity index (χ2n) is 4.49. The van der Waals surface area contributed by atoms with Gasteiger partial charge < -0.3 is 19.7 Å². The Bertz CT molecular complexity index is 592. The van der Waals surface area contributed by atoms with Crippen LogP contribution in [0.2, 0.25) is 0 Å². The third-order valence-corrected chi connectivity index (χ3v) is 3.48. The molecule has 0 spiro atoms. The molecule has 2 rings (SSSR count). The van der Waals surface area contributed by atoms with Gasteiger partial charge >= 0.3 is 6.03 Å². The Hall–Kier alpha value is -2.19. The number of urea groups is 1. The Labute approximate surface area is 133 Å². The lowest BCUT2D eigenvalue weighted by atomic mass is 10.4. The van der Waals surface area contributed by atoms with Gasteiger partial charge in [0.1, 0.15) is 6.61 Å². The molecule has 0 aliphatic rings. The molecule has 0 unspecified atom stereocenters. The van der Waals surface area contributed by atoms with E-state index in [4.69, 9.17) is 9.47 Å². The van der Waals surface area contributed by atoms with Crippen molar-refractivity contribution < 1.29 is 14.3 Å². The molecule has 22 heavy (non-hydrogen) atoms. The molecule has 0 fully saturated rings. The molecule has 0 saturated heterocycles. The Morgan fingerprint density at radius 3 is 2.95 bits per heavy atom. The maximum Gasteiger partial charge on any atom is 0.321 e. The van der Waals surface area contributed by atoms with E-state index in [1.54, 1.807) is 43.6 Å². The number of amides is 2. The first-order chi connectivity index (χ1) is 10.7. The van der Waals surface area contributed by atoms with Crippen LogP contribution in [0.25, 0.3) is 0 Å². The molecule has 2 heterocycles. The number of nitrogens with one attached hydrogen (secondary N) is 1. The van der Waals surface area contributed by atoms with Crippen molar-refractivity contribution in [3.8, 4) is 5.88 Å². The number of nitrogens with zero attached hydrogens (tertiary/aromatic N) is 3. The standard InChI is InChI=1S/C14H18N4O3S/c1-18(10-12-4-6-16-22-12)14(19)17-11-3-5-15-13(9-11)21-8-7-20-2/h3-6,9H,7-8,10H2,1-2H3,(H,15,17,19). The van der Waals surface area contributed by atoms with Crippen molar-refractivity contribution in [2.45, 2.75) is 6.54 Å². The summed E-state index contributed by atoms with van der Waals surface area (Å²) in [7, 11) is 3.33. The molecule has 2 amide bonds. The van der Waals surface area contributed by atoms with Crippen LogP contribution in [0, 0.1) is 0 Å². The van der Waals surface area contributed by atoms with Gasteiger partial charge in [0.25, 0.3) is 0 Å². The Kier molecular flexibility index (Phi) is 6.11. The number of methoxy groups -OCH3 is 1. The lowest BCUT2D eigenvalue weighted by Gasteiger charge is -2.17. The van der Waals surface area contributed by atoms with E-state index in [1.165, 1.54) is 11.5 Å². The molecule has 7 nitrogen and oxygen atoms in total. The number of ether oxygens (including phenoxy) is 2. The van der Waals surface area contributed by atoms with Crippen LogP contribution < -0.4 is 10.1 Å². The number of carbonyl (C=O) groups excluding carboxylic acids is 1. The minimum Gasteiger partial charge on any atom is -0.475 e. The number of hydrogen-bond donors (Lipinski definition) is 1. The third-order valence-electron chi connectivity index (χ3n) is 2.75. The van der Waals surface area contributed by atoms with E-state index in [1.807, 2.05) is 6.07 Å². The molecule has 2 aromatic rings. The maximum absolute atomic E-state index is 12.1. The van der Waals surface area contributed by atoms with Crippen LogP contribution in [0.3, 0.4) is 0 Å². The highest BCUT2D eigenvalue weighted by atomic mass is 32.1. The van der Waals surface area contributed by atoms with Gasteiger partial charge in [0, 0.05) is 43.2 Å². The number of anilines is 1. The zero-order valence-electron chi connectivity index (χ0n) is 12.5. The van der Waals surface area contributed by atoms with Crippen LogP contribution in [-0.4, -0.2) is 47.7 Å². The molecule has 0 radical (unpaired) electrons. The third kappa shape index (κ3) is 4.97. The summed E-state index contributed by atoms with van der Waals surface area (Å²) in [5.41, 5.74) is 0.628. The van der Waals surface area contributed by atoms with Gasteiger partial charge in [-0.3, -0.25) is 0 Å². The van der Waals surface area contributed by atoms with Crippen molar-refractivity contribution in [3.05, 3.63) is 35.5 Å². The summed E-state index contributed by atoms with van der Waals surface area (Å²) in [6, 6.07) is 5.07. The van der Waals surface area contributed by atoms with Gasteiger partial charge in [-0.05, 0) is 23.7 Å². The van der Waals surface area contributed by atoms with Crippen LogP contribution in [0.15, 0.2) is 30.6 Å². The Morgan fingerprint density at radius 2 is 2.23 bits per heavy atom. The molecule has 0 aliphatic carbocycles. The molecule has 0 saturated carbocycles. The van der Waals surface area contributed by atoms with Gasteiger partial charge in [-0.15, -0.1) is 0 Å². The molecular weight excluding hydrogens is 304 g/mol. The van der Waals surface area contributed by atoms with Crippen LogP contribution in [0.1, 0.15) is 4.88 Å². The van der Waals surface area contributed by atoms with Gasteiger partial charge in [-0.25, -0.2) is 14.2 Å². The first kappa shape index (κ1) is 16.2. The smallest absolute Gasteiger partial charge is 0.321 e. The summed E-state index contributed by atoms with van der Waals surface area (Å²) < 4.78 is 14.3. The van der Waals surface area contributed by atoms with E-state index in [2.05, 4.69) is 14.7 Å². The van der Waals surface area contributed by atoms with E-state index in [-0.39, 0.29) is 6.03 Å². The van der Waals surface area contributed by atoms with Crippen molar-refractivity contribution >= 4 is 23.3 Å². The summed E-state index contributed by atoms with van der Waals surface area (Å²) in [4.78, 5) is 18.8. The predicted octanol–water partition coefficient (Wildman–Crippen LogP) is 2.23. The van der Waals surface area contributed by atoms with E-state index in [0.29, 0.717) is 31.3 Å². The topological polar surface area (TPSA) is 76.6 Å². The lowest BCUT2D eigenvalue weighted by Crippen LogP contribution is -2.30. The molecule has 0 aromatic carbocycles. The fraction of sp³-hybridized carbons (Fsp3) is 0.357. The second-order valence-corrected chi connectivity index (χ2v) is 5.41. The van der Waals surface area contributed by atoms with E-state index < -0.39 is 0 Å². The SMILES string of the molecule is COCCOc1cc(NC(=O)N(C)Cc2ccns2)ccn1. The molecule has 118 valence electrons. The minimum absolute atomic E-state index is 0.206. The number of carbonyl (C=O) groups is 1. The fourth-order valence-corrected chi connectivity index (χ4v) is 2.27.